The maximum absolute atomic E-state index is 15.8. The Hall–Kier alpha value is -4.18. The lowest BCUT2D eigenvalue weighted by atomic mass is 9.91. The fraction of sp³-hybridized carbons (Fsp3) is 0.125. The summed E-state index contributed by atoms with van der Waals surface area (Å²) in [5.41, 5.74) is 2.39. The van der Waals surface area contributed by atoms with Crippen LogP contribution in [0.4, 0.5) is 13.2 Å². The molecule has 0 saturated carbocycles. The molecule has 174 valence electrons. The van der Waals surface area contributed by atoms with E-state index >= 15 is 8.78 Å². The van der Waals surface area contributed by atoms with Gasteiger partial charge >= 0.3 is 17.1 Å². The molecule has 3 aromatic carbocycles. The summed E-state index contributed by atoms with van der Waals surface area (Å²) in [4.78, 5) is 40.4. The predicted octanol–water partition coefficient (Wildman–Crippen LogP) is 2.99. The van der Waals surface area contributed by atoms with Crippen molar-refractivity contribution < 1.29 is 13.2 Å². The van der Waals surface area contributed by atoms with Crippen LogP contribution in [-0.4, -0.2) is 14.5 Å². The molecule has 7 nitrogen and oxygen atoms in total. The standard InChI is InChI=1S/C24H19F3N4O3/c25-16-9-5-4-8-14(16)15-10-11-17(26)20(21(15)27)19(12-18(28)13-6-2-1-3-7-13)31-23(33)29-22(32)30-24(31)34/h1-11,18-19H,12,28H2,(H2,29,30,32,33,34). The zero-order chi connectivity index (χ0) is 24.4. The molecule has 0 aliphatic heterocycles. The van der Waals surface area contributed by atoms with Crippen molar-refractivity contribution in [1.29, 1.82) is 0 Å². The highest BCUT2D eigenvalue weighted by Crippen LogP contribution is 2.35. The van der Waals surface area contributed by atoms with Crippen molar-refractivity contribution in [2.75, 3.05) is 0 Å². The molecular formula is C24H19F3N4O3. The van der Waals surface area contributed by atoms with Crippen molar-refractivity contribution in [3.63, 3.8) is 0 Å². The zero-order valence-corrected chi connectivity index (χ0v) is 17.6. The quantitative estimate of drug-likeness (QED) is 0.404. The molecule has 0 aliphatic carbocycles. The minimum atomic E-state index is -1.56. The third-order valence-corrected chi connectivity index (χ3v) is 5.52. The molecule has 0 radical (unpaired) electrons. The maximum Gasteiger partial charge on any atom is 0.334 e. The van der Waals surface area contributed by atoms with Crippen molar-refractivity contribution in [1.82, 2.24) is 14.5 Å². The largest absolute Gasteiger partial charge is 0.334 e. The number of aromatic nitrogens is 3. The van der Waals surface area contributed by atoms with Gasteiger partial charge in [-0.3, -0.25) is 9.97 Å². The predicted molar refractivity (Wildman–Crippen MR) is 120 cm³/mol. The Balaban J connectivity index is 1.95. The molecule has 2 unspecified atom stereocenters. The molecular weight excluding hydrogens is 449 g/mol. The second kappa shape index (κ2) is 9.36. The lowest BCUT2D eigenvalue weighted by molar-refractivity contribution is 0.411. The summed E-state index contributed by atoms with van der Waals surface area (Å²) in [6.45, 7) is 0. The molecule has 34 heavy (non-hydrogen) atoms. The number of nitrogens with zero attached hydrogens (tertiary/aromatic N) is 1. The van der Waals surface area contributed by atoms with Crippen LogP contribution in [0.25, 0.3) is 11.1 Å². The van der Waals surface area contributed by atoms with Gasteiger partial charge in [0.15, 0.2) is 0 Å². The van der Waals surface area contributed by atoms with Crippen LogP contribution in [0.3, 0.4) is 0 Å². The first-order chi connectivity index (χ1) is 16.3. The van der Waals surface area contributed by atoms with Crippen molar-refractivity contribution in [2.24, 2.45) is 5.73 Å². The highest BCUT2D eigenvalue weighted by Gasteiger charge is 2.30. The molecule has 0 bridgehead atoms. The van der Waals surface area contributed by atoms with Crippen LogP contribution in [0.15, 0.2) is 81.1 Å². The summed E-state index contributed by atoms with van der Waals surface area (Å²) in [5, 5.41) is 0. The van der Waals surface area contributed by atoms with Gasteiger partial charge in [-0.2, -0.15) is 0 Å². The Morgan fingerprint density at radius 2 is 1.38 bits per heavy atom. The summed E-state index contributed by atoms with van der Waals surface area (Å²) in [6, 6.07) is 13.5. The second-order valence-electron chi connectivity index (χ2n) is 7.63. The number of nitrogens with one attached hydrogen (secondary N) is 2. The van der Waals surface area contributed by atoms with Gasteiger partial charge in [-0.05, 0) is 30.2 Å². The van der Waals surface area contributed by atoms with Crippen LogP contribution in [0.5, 0.6) is 0 Å². The molecule has 0 fully saturated rings. The molecule has 2 atom stereocenters. The minimum absolute atomic E-state index is 0.130. The zero-order valence-electron chi connectivity index (χ0n) is 17.6. The fourth-order valence-corrected chi connectivity index (χ4v) is 3.91. The third kappa shape index (κ3) is 4.35. The van der Waals surface area contributed by atoms with Crippen LogP contribution < -0.4 is 22.8 Å². The molecule has 4 aromatic rings. The smallest absolute Gasteiger partial charge is 0.324 e. The van der Waals surface area contributed by atoms with Gasteiger partial charge in [0.25, 0.3) is 0 Å². The van der Waals surface area contributed by atoms with Gasteiger partial charge in [-0.25, -0.2) is 32.1 Å². The van der Waals surface area contributed by atoms with Crippen molar-refractivity contribution >= 4 is 0 Å². The molecule has 0 saturated heterocycles. The first-order valence-corrected chi connectivity index (χ1v) is 10.3. The van der Waals surface area contributed by atoms with Gasteiger partial charge in [0.2, 0.25) is 0 Å². The van der Waals surface area contributed by atoms with E-state index in [1.54, 1.807) is 30.3 Å². The topological polar surface area (TPSA) is 114 Å². The molecule has 1 aromatic heterocycles. The lowest BCUT2D eigenvalue weighted by Crippen LogP contribution is -2.46. The molecule has 10 heteroatoms. The Kier molecular flexibility index (Phi) is 6.33. The molecule has 4 rings (SSSR count). The van der Waals surface area contributed by atoms with Crippen molar-refractivity contribution in [3.05, 3.63) is 127 Å². The van der Waals surface area contributed by atoms with Gasteiger partial charge in [0.05, 0.1) is 6.04 Å². The van der Waals surface area contributed by atoms with Crippen molar-refractivity contribution in [2.45, 2.75) is 18.5 Å². The van der Waals surface area contributed by atoms with Gasteiger partial charge in [-0.15, -0.1) is 0 Å². The van der Waals surface area contributed by atoms with E-state index < -0.39 is 52.2 Å². The number of hydrogen-bond acceptors (Lipinski definition) is 4. The molecule has 0 spiro atoms. The number of hydrogen-bond donors (Lipinski definition) is 3. The van der Waals surface area contributed by atoms with Crippen LogP contribution in [0.2, 0.25) is 0 Å². The highest BCUT2D eigenvalue weighted by molar-refractivity contribution is 5.66. The lowest BCUT2D eigenvalue weighted by Gasteiger charge is -2.24. The minimum Gasteiger partial charge on any atom is -0.324 e. The van der Waals surface area contributed by atoms with Gasteiger partial charge < -0.3 is 5.73 Å². The fourth-order valence-electron chi connectivity index (χ4n) is 3.91. The summed E-state index contributed by atoms with van der Waals surface area (Å²) >= 11 is 0. The van der Waals surface area contributed by atoms with E-state index in [4.69, 9.17) is 5.73 Å². The molecule has 4 N–H and O–H groups in total. The number of benzene rings is 3. The van der Waals surface area contributed by atoms with Gasteiger partial charge in [0.1, 0.15) is 17.5 Å². The van der Waals surface area contributed by atoms with Crippen LogP contribution >= 0.6 is 0 Å². The van der Waals surface area contributed by atoms with E-state index in [2.05, 4.69) is 0 Å². The summed E-state index contributed by atoms with van der Waals surface area (Å²) in [6.07, 6.45) is -0.284. The number of H-pyrrole nitrogens is 2. The average Bonchev–Trinajstić information content (AvgIpc) is 2.79. The van der Waals surface area contributed by atoms with E-state index in [-0.39, 0.29) is 17.5 Å². The van der Waals surface area contributed by atoms with Crippen LogP contribution in [0.1, 0.15) is 29.6 Å². The first kappa shape index (κ1) is 23.0. The van der Waals surface area contributed by atoms with E-state index in [9.17, 15) is 18.8 Å². The monoisotopic (exact) mass is 468 g/mol. The van der Waals surface area contributed by atoms with E-state index in [1.807, 2.05) is 9.97 Å². The normalized spacial score (nSPS) is 12.9. The third-order valence-electron chi connectivity index (χ3n) is 5.52. The van der Waals surface area contributed by atoms with Gasteiger partial charge in [-0.1, -0.05) is 48.5 Å². The second-order valence-corrected chi connectivity index (χ2v) is 7.63. The Morgan fingerprint density at radius 1 is 0.765 bits per heavy atom. The number of rotatable bonds is 6. The Bertz CT molecular complexity index is 1480. The number of aromatic amines is 2. The van der Waals surface area contributed by atoms with Crippen LogP contribution in [0, 0.1) is 17.5 Å². The number of halogens is 3. The summed E-state index contributed by atoms with van der Waals surface area (Å²) in [5.74, 6) is -2.97. The van der Waals surface area contributed by atoms with E-state index in [0.29, 0.717) is 10.1 Å². The summed E-state index contributed by atoms with van der Waals surface area (Å²) in [7, 11) is 0. The molecule has 1 heterocycles. The van der Waals surface area contributed by atoms with E-state index in [1.165, 1.54) is 18.2 Å². The van der Waals surface area contributed by atoms with Gasteiger partial charge in [0, 0.05) is 22.7 Å². The SMILES string of the molecule is NC(CC(c1c(F)ccc(-c2ccccc2F)c1F)n1c(=O)[nH]c(=O)[nH]c1=O)c1ccccc1. The maximum atomic E-state index is 15.8. The average molecular weight is 468 g/mol. The molecule has 0 amide bonds. The van der Waals surface area contributed by atoms with E-state index in [0.717, 1.165) is 18.2 Å². The van der Waals surface area contributed by atoms with Crippen molar-refractivity contribution in [3.8, 4) is 11.1 Å². The Labute approximate surface area is 190 Å². The number of nitrogens with two attached hydrogens (primary N) is 1. The Morgan fingerprint density at radius 3 is 2.03 bits per heavy atom. The van der Waals surface area contributed by atoms with Crippen LogP contribution in [-0.2, 0) is 0 Å². The molecule has 0 aliphatic rings. The first-order valence-electron chi connectivity index (χ1n) is 10.3. The highest BCUT2D eigenvalue weighted by atomic mass is 19.1. The summed E-state index contributed by atoms with van der Waals surface area (Å²) < 4.78 is 45.8.